The molecule has 1 aliphatic heterocycles. The molecule has 5 N–H and O–H groups in total. The number of benzene rings is 2. The van der Waals surface area contributed by atoms with Crippen LogP contribution in [-0.2, 0) is 32.6 Å². The monoisotopic (exact) mass is 613 g/mol. The topological polar surface area (TPSA) is 185 Å². The highest BCUT2D eigenvalue weighted by Crippen LogP contribution is 2.29. The second-order valence-corrected chi connectivity index (χ2v) is 13.1. The second kappa shape index (κ2) is 13.7. The fourth-order valence-electron chi connectivity index (χ4n) is 5.40. The molecule has 4 rings (SSSR count). The van der Waals surface area contributed by atoms with Gasteiger partial charge in [-0.05, 0) is 68.7 Å². The van der Waals surface area contributed by atoms with Crippen LogP contribution in [0.25, 0.3) is 11.0 Å². The number of imidazole rings is 1. The number of sulfonamides is 1. The van der Waals surface area contributed by atoms with Crippen molar-refractivity contribution in [2.75, 3.05) is 6.54 Å². The maximum atomic E-state index is 14.0. The van der Waals surface area contributed by atoms with Crippen LogP contribution in [0.2, 0.25) is 0 Å². The molecule has 2 heterocycles. The minimum Gasteiger partial charge on any atom is -0.481 e. The predicted octanol–water partition coefficient (Wildman–Crippen LogP) is 3.72. The van der Waals surface area contributed by atoms with Crippen molar-refractivity contribution < 1.29 is 32.6 Å². The molecule has 0 bridgehead atoms. The first kappa shape index (κ1) is 32.1. The van der Waals surface area contributed by atoms with Gasteiger partial charge in [-0.1, -0.05) is 37.3 Å². The van der Waals surface area contributed by atoms with E-state index in [1.807, 2.05) is 30.3 Å². The maximum Gasteiger partial charge on any atom is 0.410 e. The molecule has 3 atom stereocenters. The molecule has 12 nitrogen and oxygen atoms in total. The molecule has 2 unspecified atom stereocenters. The molecule has 2 aromatic carbocycles. The van der Waals surface area contributed by atoms with Gasteiger partial charge in [0, 0.05) is 18.2 Å². The first-order valence-corrected chi connectivity index (χ1v) is 16.0. The summed E-state index contributed by atoms with van der Waals surface area (Å²) in [5.74, 6) is -2.30. The number of hydrogen-bond acceptors (Lipinski definition) is 8. The molecular formula is C30H39N5O7S. The number of Topliss-reactive ketones (excluding diaryl/α,β-unsaturated/α-hetero) is 1. The smallest absolute Gasteiger partial charge is 0.410 e. The largest absolute Gasteiger partial charge is 0.481 e. The quantitative estimate of drug-likeness (QED) is 0.165. The number of fused-ring (bicyclic) bond motifs is 1. The Morgan fingerprint density at radius 3 is 2.65 bits per heavy atom. The summed E-state index contributed by atoms with van der Waals surface area (Å²) in [7, 11) is -4.12. The molecule has 1 saturated heterocycles. The van der Waals surface area contributed by atoms with E-state index in [0.717, 1.165) is 24.8 Å². The second-order valence-electron chi connectivity index (χ2n) is 11.0. The van der Waals surface area contributed by atoms with Crippen LogP contribution < -0.4 is 10.5 Å². The van der Waals surface area contributed by atoms with Gasteiger partial charge in [-0.25, -0.2) is 18.2 Å². The maximum absolute atomic E-state index is 14.0. The lowest BCUT2D eigenvalue weighted by Crippen LogP contribution is -2.63. The third kappa shape index (κ3) is 7.59. The van der Waals surface area contributed by atoms with Crippen LogP contribution in [0.5, 0.6) is 0 Å². The van der Waals surface area contributed by atoms with Gasteiger partial charge in [0.25, 0.3) is 0 Å². The van der Waals surface area contributed by atoms with E-state index in [2.05, 4.69) is 14.7 Å². The molecule has 1 aliphatic rings. The van der Waals surface area contributed by atoms with E-state index in [1.54, 1.807) is 17.9 Å². The molecule has 3 aromatic rings. The first-order chi connectivity index (χ1) is 20.4. The number of ketones is 1. The fourth-order valence-corrected chi connectivity index (χ4v) is 6.71. The number of hydrogen-bond donors (Lipinski definition) is 4. The number of aliphatic carboxylic acids is 1. The number of carbonyl (C=O) groups excluding carboxylic acids is 2. The Kier molecular flexibility index (Phi) is 10.2. The van der Waals surface area contributed by atoms with Gasteiger partial charge in [-0.15, -0.1) is 0 Å². The number of carboxylic acids is 1. The average Bonchev–Trinajstić information content (AvgIpc) is 3.47. The summed E-state index contributed by atoms with van der Waals surface area (Å²) in [5.41, 5.74) is 6.47. The summed E-state index contributed by atoms with van der Waals surface area (Å²) in [6.07, 6.45) is 3.64. The fraction of sp³-hybridized carbons (Fsp3) is 0.467. The lowest BCUT2D eigenvalue weighted by molar-refractivity contribution is -0.138. The highest BCUT2D eigenvalue weighted by Gasteiger charge is 2.43. The number of aromatic nitrogens is 2. The number of ether oxygens (including phenoxy) is 1. The Morgan fingerprint density at radius 1 is 1.21 bits per heavy atom. The number of nitrogens with zero attached hydrogens (tertiary/aromatic N) is 2. The Balaban J connectivity index is 1.60. The zero-order valence-electron chi connectivity index (χ0n) is 24.4. The van der Waals surface area contributed by atoms with Crippen molar-refractivity contribution in [3.05, 3.63) is 65.5 Å². The van der Waals surface area contributed by atoms with Crippen molar-refractivity contribution >= 4 is 38.9 Å². The zero-order valence-corrected chi connectivity index (χ0v) is 25.2. The van der Waals surface area contributed by atoms with E-state index in [9.17, 15) is 27.9 Å². The van der Waals surface area contributed by atoms with E-state index in [4.69, 9.17) is 10.5 Å². The van der Waals surface area contributed by atoms with Crippen LogP contribution in [0.15, 0.2) is 48.8 Å². The van der Waals surface area contributed by atoms with Gasteiger partial charge in [0.1, 0.15) is 6.61 Å². The SMILES string of the molecule is CC[C@H](C)S(=O)(=O)NC(N)(CC(=O)O)C(=O)c1ccc2[nH]cnc2c1CCC1CCCCN1C(=O)OCc1ccccc1. The molecule has 0 spiro atoms. The highest BCUT2D eigenvalue weighted by atomic mass is 32.2. The van der Waals surface area contributed by atoms with Crippen LogP contribution >= 0.6 is 0 Å². The van der Waals surface area contributed by atoms with Crippen molar-refractivity contribution in [3.8, 4) is 0 Å². The highest BCUT2D eigenvalue weighted by molar-refractivity contribution is 7.90. The number of carbonyl (C=O) groups is 3. The normalized spacial score (nSPS) is 17.7. The molecule has 1 aromatic heterocycles. The molecule has 0 radical (unpaired) electrons. The molecule has 232 valence electrons. The number of aryl methyl sites for hydroxylation is 1. The molecule has 43 heavy (non-hydrogen) atoms. The summed E-state index contributed by atoms with van der Waals surface area (Å²) in [6, 6.07) is 12.4. The van der Waals surface area contributed by atoms with Gasteiger partial charge in [0.2, 0.25) is 10.0 Å². The third-order valence-corrected chi connectivity index (χ3v) is 10.0. The lowest BCUT2D eigenvalue weighted by atomic mass is 9.88. The van der Waals surface area contributed by atoms with E-state index in [-0.39, 0.29) is 24.6 Å². The number of carboxylic acid groups (broad SMARTS) is 1. The molecular weight excluding hydrogens is 574 g/mol. The minimum absolute atomic E-state index is 0.0733. The molecule has 1 amide bonds. The Morgan fingerprint density at radius 2 is 1.95 bits per heavy atom. The van der Waals surface area contributed by atoms with Gasteiger partial charge in [-0.3, -0.25) is 9.59 Å². The summed E-state index contributed by atoms with van der Waals surface area (Å²) < 4.78 is 33.6. The zero-order chi connectivity index (χ0) is 31.2. The number of likely N-dealkylation sites (tertiary alicyclic amines) is 1. The lowest BCUT2D eigenvalue weighted by Gasteiger charge is -2.35. The molecule has 13 heteroatoms. The number of piperidine rings is 1. The van der Waals surface area contributed by atoms with Crippen LogP contribution in [0.3, 0.4) is 0 Å². The number of rotatable bonds is 13. The number of aromatic amines is 1. The van der Waals surface area contributed by atoms with Crippen molar-refractivity contribution in [2.45, 2.75) is 82.4 Å². The van der Waals surface area contributed by atoms with Gasteiger partial charge < -0.3 is 25.5 Å². The summed E-state index contributed by atoms with van der Waals surface area (Å²) >= 11 is 0. The Labute approximate surface area is 251 Å². The van der Waals surface area contributed by atoms with Crippen molar-refractivity contribution in [2.24, 2.45) is 5.73 Å². The van der Waals surface area contributed by atoms with Crippen molar-refractivity contribution in [1.82, 2.24) is 19.6 Å². The molecule has 1 fully saturated rings. The summed E-state index contributed by atoms with van der Waals surface area (Å²) in [6.45, 7) is 3.81. The van der Waals surface area contributed by atoms with Crippen molar-refractivity contribution in [3.63, 3.8) is 0 Å². The number of H-pyrrole nitrogens is 1. The standard InChI is InChI=1S/C30H39N5O7S/c1-3-20(2)43(40,41)34-30(31,17-26(36)37)28(38)24-14-15-25-27(33-19-32-25)23(24)13-12-22-11-7-8-16-35(22)29(39)42-18-21-9-5-4-6-10-21/h4-6,9-10,14-15,19-20,22,34H,3,7-8,11-13,16-18,31H2,1-2H3,(H,32,33)(H,36,37)/t20-,22?,30?/m0/s1. The van der Waals surface area contributed by atoms with Crippen LogP contribution in [0.4, 0.5) is 4.79 Å². The van der Waals surface area contributed by atoms with E-state index >= 15 is 0 Å². The van der Waals surface area contributed by atoms with Crippen LogP contribution in [0, 0.1) is 0 Å². The number of nitrogens with two attached hydrogens (primary N) is 1. The first-order valence-electron chi connectivity index (χ1n) is 14.5. The third-order valence-electron chi connectivity index (χ3n) is 8.00. The molecule has 0 saturated carbocycles. The number of amides is 1. The predicted molar refractivity (Wildman–Crippen MR) is 161 cm³/mol. The van der Waals surface area contributed by atoms with Crippen LogP contribution in [0.1, 0.15) is 73.9 Å². The van der Waals surface area contributed by atoms with E-state index in [1.165, 1.54) is 19.3 Å². The van der Waals surface area contributed by atoms with Gasteiger partial charge in [0.15, 0.2) is 11.4 Å². The van der Waals surface area contributed by atoms with Gasteiger partial charge >= 0.3 is 12.1 Å². The van der Waals surface area contributed by atoms with Crippen LogP contribution in [-0.4, -0.2) is 69.7 Å². The Hall–Kier alpha value is -3.81. The minimum atomic E-state index is -4.12. The summed E-state index contributed by atoms with van der Waals surface area (Å²) in [5, 5.41) is 8.68. The Bertz CT molecular complexity index is 1560. The number of nitrogens with one attached hydrogen (secondary N) is 2. The van der Waals surface area contributed by atoms with Gasteiger partial charge in [-0.2, -0.15) is 4.72 Å². The van der Waals surface area contributed by atoms with E-state index in [0.29, 0.717) is 36.0 Å². The van der Waals surface area contributed by atoms with Crippen molar-refractivity contribution in [1.29, 1.82) is 0 Å². The van der Waals surface area contributed by atoms with Gasteiger partial charge in [0.05, 0.1) is 29.0 Å². The molecule has 0 aliphatic carbocycles. The average molecular weight is 614 g/mol. The summed E-state index contributed by atoms with van der Waals surface area (Å²) in [4.78, 5) is 48.0. The van der Waals surface area contributed by atoms with E-state index < -0.39 is 45.2 Å².